The van der Waals surface area contributed by atoms with Crippen LogP contribution in [0.5, 0.6) is 0 Å². The fourth-order valence-electron chi connectivity index (χ4n) is 2.21. The van der Waals surface area contributed by atoms with E-state index < -0.39 is 17.2 Å². The lowest BCUT2D eigenvalue weighted by Crippen LogP contribution is -2.39. The summed E-state index contributed by atoms with van der Waals surface area (Å²) in [4.78, 5) is 50.3. The summed E-state index contributed by atoms with van der Waals surface area (Å²) in [7, 11) is 0. The Balaban J connectivity index is 1.84. The van der Waals surface area contributed by atoms with Crippen LogP contribution >= 0.6 is 0 Å². The molecule has 0 saturated heterocycles. The van der Waals surface area contributed by atoms with Crippen molar-refractivity contribution >= 4 is 28.6 Å². The molecule has 0 atom stereocenters. The molecule has 0 radical (unpaired) electrons. The van der Waals surface area contributed by atoms with Gasteiger partial charge in [-0.1, -0.05) is 18.1 Å². The van der Waals surface area contributed by atoms with Gasteiger partial charge in [-0.15, -0.1) is 6.42 Å². The van der Waals surface area contributed by atoms with Gasteiger partial charge in [0.25, 0.3) is 5.91 Å². The fourth-order valence-corrected chi connectivity index (χ4v) is 2.21. The number of H-pyrrole nitrogens is 1. The SMILES string of the molecule is C#CCNC(=O)CCNC(=O)CNC(=O)c1c[nH]c2ccccc2c1=O. The quantitative estimate of drug-likeness (QED) is 0.502. The lowest BCUT2D eigenvalue weighted by molar-refractivity contribution is -0.121. The number of nitrogens with one attached hydrogen (secondary N) is 4. The summed E-state index contributed by atoms with van der Waals surface area (Å²) in [6.07, 6.45) is 6.40. The zero-order valence-electron chi connectivity index (χ0n) is 13.9. The normalized spacial score (nSPS) is 9.96. The number of terminal acetylenes is 1. The predicted molar refractivity (Wildman–Crippen MR) is 96.4 cm³/mol. The molecule has 0 bridgehead atoms. The molecule has 0 aliphatic carbocycles. The Labute approximate surface area is 149 Å². The van der Waals surface area contributed by atoms with Crippen molar-refractivity contribution in [2.75, 3.05) is 19.6 Å². The lowest BCUT2D eigenvalue weighted by atomic mass is 10.1. The van der Waals surface area contributed by atoms with E-state index >= 15 is 0 Å². The van der Waals surface area contributed by atoms with Crippen LogP contribution in [0.2, 0.25) is 0 Å². The van der Waals surface area contributed by atoms with E-state index in [4.69, 9.17) is 6.42 Å². The van der Waals surface area contributed by atoms with Gasteiger partial charge in [-0.2, -0.15) is 0 Å². The van der Waals surface area contributed by atoms with Crippen LogP contribution in [0.1, 0.15) is 16.8 Å². The van der Waals surface area contributed by atoms with Gasteiger partial charge in [0.1, 0.15) is 5.56 Å². The number of hydrogen-bond acceptors (Lipinski definition) is 4. The molecule has 8 nitrogen and oxygen atoms in total. The summed E-state index contributed by atoms with van der Waals surface area (Å²) in [6.45, 7) is -0.0676. The first kappa shape index (κ1) is 18.7. The maximum absolute atomic E-state index is 12.3. The number of carbonyl (C=O) groups is 3. The minimum Gasteiger partial charge on any atom is -0.360 e. The molecule has 134 valence electrons. The summed E-state index contributed by atoms with van der Waals surface area (Å²) >= 11 is 0. The third-order valence-corrected chi connectivity index (χ3v) is 3.50. The molecule has 2 aromatic rings. The Kier molecular flexibility index (Phi) is 6.51. The van der Waals surface area contributed by atoms with Gasteiger partial charge in [-0.05, 0) is 12.1 Å². The first-order valence-corrected chi connectivity index (χ1v) is 7.88. The van der Waals surface area contributed by atoms with Gasteiger partial charge in [0, 0.05) is 30.1 Å². The molecule has 0 unspecified atom stereocenters. The fraction of sp³-hybridized carbons (Fsp3) is 0.222. The number of para-hydroxylation sites is 1. The lowest BCUT2D eigenvalue weighted by Gasteiger charge is -2.07. The molecule has 0 aliphatic heterocycles. The Bertz CT molecular complexity index is 927. The Morgan fingerprint density at radius 2 is 1.85 bits per heavy atom. The first-order valence-electron chi connectivity index (χ1n) is 7.88. The molecule has 1 aromatic carbocycles. The van der Waals surface area contributed by atoms with E-state index in [9.17, 15) is 19.2 Å². The highest BCUT2D eigenvalue weighted by Gasteiger charge is 2.13. The Morgan fingerprint density at radius 1 is 1.08 bits per heavy atom. The number of benzene rings is 1. The van der Waals surface area contributed by atoms with Crippen LogP contribution in [0.15, 0.2) is 35.3 Å². The standard InChI is InChI=1S/C18H18N4O4/c1-2-8-19-15(23)7-9-20-16(24)11-22-18(26)13-10-21-14-6-4-3-5-12(14)17(13)25/h1,3-6,10H,7-9,11H2,(H,19,23)(H,20,24)(H,21,25)(H,22,26). The number of rotatable bonds is 7. The van der Waals surface area contributed by atoms with E-state index in [0.29, 0.717) is 10.9 Å². The summed E-state index contributed by atoms with van der Waals surface area (Å²) in [6, 6.07) is 6.82. The second kappa shape index (κ2) is 9.03. The highest BCUT2D eigenvalue weighted by Crippen LogP contribution is 2.06. The van der Waals surface area contributed by atoms with E-state index in [0.717, 1.165) is 0 Å². The number of pyridine rings is 1. The van der Waals surface area contributed by atoms with Gasteiger partial charge >= 0.3 is 0 Å². The molecule has 4 N–H and O–H groups in total. The maximum atomic E-state index is 12.3. The van der Waals surface area contributed by atoms with Crippen molar-refractivity contribution in [3.63, 3.8) is 0 Å². The van der Waals surface area contributed by atoms with E-state index in [1.54, 1.807) is 24.3 Å². The molecule has 3 amide bonds. The average molecular weight is 354 g/mol. The molecule has 8 heteroatoms. The van der Waals surface area contributed by atoms with Crippen LogP contribution in [0.3, 0.4) is 0 Å². The minimum atomic E-state index is -0.654. The topological polar surface area (TPSA) is 120 Å². The summed E-state index contributed by atoms with van der Waals surface area (Å²) in [5.74, 6) is 0.859. The molecule has 2 rings (SSSR count). The van der Waals surface area contributed by atoms with Crippen LogP contribution in [0.25, 0.3) is 10.9 Å². The summed E-state index contributed by atoms with van der Waals surface area (Å²) < 4.78 is 0. The van der Waals surface area contributed by atoms with E-state index in [2.05, 4.69) is 26.9 Å². The highest BCUT2D eigenvalue weighted by molar-refractivity contribution is 5.98. The van der Waals surface area contributed by atoms with Crippen molar-refractivity contribution < 1.29 is 14.4 Å². The third-order valence-electron chi connectivity index (χ3n) is 3.50. The smallest absolute Gasteiger partial charge is 0.257 e. The highest BCUT2D eigenvalue weighted by atomic mass is 16.2. The molecule has 0 fully saturated rings. The van der Waals surface area contributed by atoms with Gasteiger partial charge < -0.3 is 20.9 Å². The summed E-state index contributed by atoms with van der Waals surface area (Å²) in [5.41, 5.74) is 0.127. The maximum Gasteiger partial charge on any atom is 0.257 e. The van der Waals surface area contributed by atoms with E-state index in [1.165, 1.54) is 6.20 Å². The van der Waals surface area contributed by atoms with Crippen molar-refractivity contribution in [2.45, 2.75) is 6.42 Å². The van der Waals surface area contributed by atoms with Gasteiger partial charge in [0.2, 0.25) is 17.2 Å². The molecule has 0 aliphatic rings. The van der Waals surface area contributed by atoms with Crippen molar-refractivity contribution in [3.8, 4) is 12.3 Å². The van der Waals surface area contributed by atoms with Gasteiger partial charge in [-0.25, -0.2) is 0 Å². The van der Waals surface area contributed by atoms with Crippen molar-refractivity contribution in [2.24, 2.45) is 0 Å². The van der Waals surface area contributed by atoms with Crippen molar-refractivity contribution in [1.29, 1.82) is 0 Å². The number of fused-ring (bicyclic) bond motifs is 1. The largest absolute Gasteiger partial charge is 0.360 e. The molecule has 26 heavy (non-hydrogen) atoms. The molecular formula is C18H18N4O4. The average Bonchev–Trinajstić information content (AvgIpc) is 2.65. The second-order valence-corrected chi connectivity index (χ2v) is 5.34. The van der Waals surface area contributed by atoms with Crippen LogP contribution < -0.4 is 21.4 Å². The Morgan fingerprint density at radius 3 is 2.62 bits per heavy atom. The summed E-state index contributed by atoms with van der Waals surface area (Å²) in [5, 5.41) is 7.72. The molecular weight excluding hydrogens is 336 g/mol. The molecule has 1 heterocycles. The van der Waals surface area contributed by atoms with E-state index in [1.807, 2.05) is 0 Å². The van der Waals surface area contributed by atoms with Gasteiger partial charge in [0.15, 0.2) is 0 Å². The molecule has 1 aromatic heterocycles. The zero-order chi connectivity index (χ0) is 18.9. The van der Waals surface area contributed by atoms with Crippen LogP contribution in [-0.4, -0.2) is 42.3 Å². The van der Waals surface area contributed by atoms with Crippen molar-refractivity contribution in [3.05, 3.63) is 46.2 Å². The van der Waals surface area contributed by atoms with Gasteiger partial charge in [0.05, 0.1) is 13.1 Å². The van der Waals surface area contributed by atoms with Crippen LogP contribution in [0.4, 0.5) is 0 Å². The zero-order valence-corrected chi connectivity index (χ0v) is 13.9. The van der Waals surface area contributed by atoms with Crippen LogP contribution in [-0.2, 0) is 9.59 Å². The minimum absolute atomic E-state index is 0.0751. The van der Waals surface area contributed by atoms with Crippen molar-refractivity contribution in [1.82, 2.24) is 20.9 Å². The number of hydrogen-bond donors (Lipinski definition) is 4. The number of amides is 3. The van der Waals surface area contributed by atoms with Crippen LogP contribution in [0, 0.1) is 12.3 Å². The third kappa shape index (κ3) is 4.95. The van der Waals surface area contributed by atoms with E-state index in [-0.39, 0.29) is 37.5 Å². The molecule has 0 saturated carbocycles. The first-order chi connectivity index (χ1) is 12.5. The number of carbonyl (C=O) groups excluding carboxylic acids is 3. The number of aromatic amines is 1. The monoisotopic (exact) mass is 354 g/mol. The predicted octanol–water partition coefficient (Wildman–Crippen LogP) is -0.486. The molecule has 0 spiro atoms. The second-order valence-electron chi connectivity index (χ2n) is 5.34. The number of aromatic nitrogens is 1. The van der Waals surface area contributed by atoms with Gasteiger partial charge in [-0.3, -0.25) is 19.2 Å². The Hall–Kier alpha value is -3.60.